The molecule has 1 saturated heterocycles. The van der Waals surface area contributed by atoms with Crippen LogP contribution in [0.1, 0.15) is 13.3 Å². The molecule has 1 aliphatic rings. The van der Waals surface area contributed by atoms with E-state index in [2.05, 4.69) is 6.92 Å². The Bertz CT molecular complexity index is 186. The summed E-state index contributed by atoms with van der Waals surface area (Å²) in [6.07, 6.45) is 0.450. The van der Waals surface area contributed by atoms with Gasteiger partial charge >= 0.3 is 0 Å². The van der Waals surface area contributed by atoms with Crippen LogP contribution >= 0.6 is 11.6 Å². The Morgan fingerprint density at radius 2 is 2.31 bits per heavy atom. The van der Waals surface area contributed by atoms with E-state index < -0.39 is 0 Å². The van der Waals surface area contributed by atoms with Crippen molar-refractivity contribution in [1.82, 2.24) is 4.90 Å². The zero-order valence-electron chi connectivity index (χ0n) is 8.00. The van der Waals surface area contributed by atoms with Crippen molar-refractivity contribution in [2.45, 2.75) is 13.3 Å². The van der Waals surface area contributed by atoms with Crippen LogP contribution in [0.25, 0.3) is 0 Å². The fourth-order valence-electron chi connectivity index (χ4n) is 1.78. The Morgan fingerprint density at radius 1 is 1.62 bits per heavy atom. The molecule has 76 valence electrons. The lowest BCUT2D eigenvalue weighted by Crippen LogP contribution is -2.29. The van der Waals surface area contributed by atoms with Crippen molar-refractivity contribution in [2.24, 2.45) is 17.6 Å². The van der Waals surface area contributed by atoms with E-state index in [0.717, 1.165) is 13.1 Å². The van der Waals surface area contributed by atoms with Gasteiger partial charge in [-0.1, -0.05) is 6.92 Å². The van der Waals surface area contributed by atoms with Crippen molar-refractivity contribution in [2.75, 3.05) is 25.5 Å². The fraction of sp³-hybridized carbons (Fsp3) is 0.889. The molecule has 0 aromatic rings. The Hall–Kier alpha value is -0.280. The molecule has 0 aromatic carbocycles. The van der Waals surface area contributed by atoms with Gasteiger partial charge in [0.05, 0.1) is 0 Å². The third kappa shape index (κ3) is 2.58. The lowest BCUT2D eigenvalue weighted by Gasteiger charge is -2.15. The molecule has 0 unspecified atom stereocenters. The number of carbonyl (C=O) groups is 1. The number of alkyl halides is 1. The average Bonchev–Trinajstić information content (AvgIpc) is 2.47. The lowest BCUT2D eigenvalue weighted by atomic mass is 9.99. The molecule has 3 nitrogen and oxygen atoms in total. The van der Waals surface area contributed by atoms with Crippen LogP contribution in [0, 0.1) is 11.8 Å². The first-order valence-corrected chi connectivity index (χ1v) is 5.26. The van der Waals surface area contributed by atoms with Crippen LogP contribution in [-0.4, -0.2) is 36.3 Å². The molecule has 0 spiro atoms. The van der Waals surface area contributed by atoms with E-state index in [1.165, 1.54) is 0 Å². The highest BCUT2D eigenvalue weighted by Crippen LogP contribution is 2.22. The van der Waals surface area contributed by atoms with Crippen molar-refractivity contribution in [3.05, 3.63) is 0 Å². The highest BCUT2D eigenvalue weighted by molar-refractivity contribution is 6.18. The minimum atomic E-state index is 0.165. The van der Waals surface area contributed by atoms with E-state index in [9.17, 15) is 4.79 Å². The summed E-state index contributed by atoms with van der Waals surface area (Å²) in [5.41, 5.74) is 5.60. The standard InChI is InChI=1S/C9H17ClN2O/c1-7-5-12(6-8(7)4-11)9(13)2-3-10/h7-8H,2-6,11H2,1H3/t7-,8-/m1/s1. The summed E-state index contributed by atoms with van der Waals surface area (Å²) in [5, 5.41) is 0. The number of likely N-dealkylation sites (tertiary alicyclic amines) is 1. The summed E-state index contributed by atoms with van der Waals surface area (Å²) in [6, 6.07) is 0. The molecule has 1 heterocycles. The van der Waals surface area contributed by atoms with Crippen molar-refractivity contribution >= 4 is 17.5 Å². The molecule has 0 aliphatic carbocycles. The quantitative estimate of drug-likeness (QED) is 0.687. The molecule has 0 radical (unpaired) electrons. The number of carbonyl (C=O) groups excluding carboxylic acids is 1. The van der Waals surface area contributed by atoms with Gasteiger partial charge in [0.1, 0.15) is 0 Å². The summed E-state index contributed by atoms with van der Waals surface area (Å²) in [4.78, 5) is 13.3. The van der Waals surface area contributed by atoms with Crippen molar-refractivity contribution < 1.29 is 4.79 Å². The number of nitrogens with two attached hydrogens (primary N) is 1. The highest BCUT2D eigenvalue weighted by Gasteiger charge is 2.30. The number of hydrogen-bond acceptors (Lipinski definition) is 2. The molecular formula is C9H17ClN2O. The van der Waals surface area contributed by atoms with E-state index in [0.29, 0.717) is 30.7 Å². The summed E-state index contributed by atoms with van der Waals surface area (Å²) in [6.45, 7) is 4.47. The third-order valence-corrected chi connectivity index (χ3v) is 2.92. The molecule has 2 atom stereocenters. The van der Waals surface area contributed by atoms with Crippen LogP contribution in [0.5, 0.6) is 0 Å². The summed E-state index contributed by atoms with van der Waals surface area (Å²) in [7, 11) is 0. The maximum atomic E-state index is 11.5. The number of hydrogen-bond donors (Lipinski definition) is 1. The molecule has 1 fully saturated rings. The SMILES string of the molecule is C[C@@H]1CN(C(=O)CCCl)C[C@H]1CN. The largest absolute Gasteiger partial charge is 0.342 e. The monoisotopic (exact) mass is 204 g/mol. The van der Waals surface area contributed by atoms with Gasteiger partial charge in [-0.15, -0.1) is 11.6 Å². The average molecular weight is 205 g/mol. The van der Waals surface area contributed by atoms with E-state index in [-0.39, 0.29) is 5.91 Å². The fourth-order valence-corrected chi connectivity index (χ4v) is 1.95. The van der Waals surface area contributed by atoms with Gasteiger partial charge in [0.2, 0.25) is 5.91 Å². The van der Waals surface area contributed by atoms with Crippen LogP contribution in [0.4, 0.5) is 0 Å². The van der Waals surface area contributed by atoms with Gasteiger partial charge in [0.25, 0.3) is 0 Å². The van der Waals surface area contributed by atoms with E-state index in [1.54, 1.807) is 0 Å². The van der Waals surface area contributed by atoms with Crippen LogP contribution in [-0.2, 0) is 4.79 Å². The molecule has 0 aromatic heterocycles. The van der Waals surface area contributed by atoms with Crippen molar-refractivity contribution in [3.8, 4) is 0 Å². The van der Waals surface area contributed by atoms with Gasteiger partial charge in [-0.05, 0) is 18.4 Å². The van der Waals surface area contributed by atoms with E-state index in [1.807, 2.05) is 4.90 Å². The topological polar surface area (TPSA) is 46.3 Å². The highest BCUT2D eigenvalue weighted by atomic mass is 35.5. The molecule has 0 bridgehead atoms. The van der Waals surface area contributed by atoms with Crippen molar-refractivity contribution in [3.63, 3.8) is 0 Å². The molecule has 1 rings (SSSR count). The molecule has 2 N–H and O–H groups in total. The number of rotatable bonds is 3. The normalized spacial score (nSPS) is 28.1. The zero-order valence-corrected chi connectivity index (χ0v) is 8.76. The Morgan fingerprint density at radius 3 is 2.77 bits per heavy atom. The number of nitrogens with zero attached hydrogens (tertiary/aromatic N) is 1. The van der Waals surface area contributed by atoms with Gasteiger partial charge in [0.15, 0.2) is 0 Å². The van der Waals surface area contributed by atoms with Gasteiger partial charge in [-0.3, -0.25) is 4.79 Å². The minimum absolute atomic E-state index is 0.165. The minimum Gasteiger partial charge on any atom is -0.342 e. The summed E-state index contributed by atoms with van der Waals surface area (Å²) < 4.78 is 0. The lowest BCUT2D eigenvalue weighted by molar-refractivity contribution is -0.129. The second-order valence-electron chi connectivity index (χ2n) is 3.71. The Balaban J connectivity index is 2.43. The molecule has 1 aliphatic heterocycles. The maximum Gasteiger partial charge on any atom is 0.223 e. The smallest absolute Gasteiger partial charge is 0.223 e. The summed E-state index contributed by atoms with van der Waals surface area (Å²) >= 11 is 5.51. The molecule has 1 amide bonds. The zero-order chi connectivity index (χ0) is 9.84. The first-order valence-electron chi connectivity index (χ1n) is 4.72. The van der Waals surface area contributed by atoms with Crippen LogP contribution in [0.15, 0.2) is 0 Å². The molecule has 4 heteroatoms. The second-order valence-corrected chi connectivity index (χ2v) is 4.09. The Labute approximate surface area is 84.2 Å². The number of amides is 1. The maximum absolute atomic E-state index is 11.5. The van der Waals surface area contributed by atoms with Gasteiger partial charge < -0.3 is 10.6 Å². The van der Waals surface area contributed by atoms with Crippen molar-refractivity contribution in [1.29, 1.82) is 0 Å². The Kier molecular flexibility index (Phi) is 4.00. The molecule has 13 heavy (non-hydrogen) atoms. The van der Waals surface area contributed by atoms with Crippen LogP contribution in [0.2, 0.25) is 0 Å². The molecular weight excluding hydrogens is 188 g/mol. The summed E-state index contributed by atoms with van der Waals surface area (Å²) in [5.74, 6) is 1.58. The van der Waals surface area contributed by atoms with Gasteiger partial charge in [-0.2, -0.15) is 0 Å². The van der Waals surface area contributed by atoms with Gasteiger partial charge in [-0.25, -0.2) is 0 Å². The van der Waals surface area contributed by atoms with Crippen LogP contribution in [0.3, 0.4) is 0 Å². The van der Waals surface area contributed by atoms with Gasteiger partial charge in [0, 0.05) is 25.4 Å². The molecule has 0 saturated carbocycles. The predicted molar refractivity (Wildman–Crippen MR) is 53.6 cm³/mol. The number of halogens is 1. The van der Waals surface area contributed by atoms with E-state index in [4.69, 9.17) is 17.3 Å². The third-order valence-electron chi connectivity index (χ3n) is 2.73. The second kappa shape index (κ2) is 4.82. The first kappa shape index (κ1) is 10.8. The predicted octanol–water partition coefficient (Wildman–Crippen LogP) is 0.669. The van der Waals surface area contributed by atoms with Crippen LogP contribution < -0.4 is 5.73 Å². The van der Waals surface area contributed by atoms with E-state index >= 15 is 0 Å². The first-order chi connectivity index (χ1) is 6.19.